The summed E-state index contributed by atoms with van der Waals surface area (Å²) in [4.78, 5) is 9.25. The van der Waals surface area contributed by atoms with Gasteiger partial charge >= 0.3 is 5.97 Å². The zero-order valence-electron chi connectivity index (χ0n) is 11.5. The number of hydrogen-bond donors (Lipinski definition) is 1. The molecule has 0 atom stereocenters. The van der Waals surface area contributed by atoms with E-state index in [1.807, 2.05) is 0 Å². The first-order valence-electron chi connectivity index (χ1n) is 8.02. The SMILES string of the molecule is C1C2CC3C4CC5CC(C14)C(C2)C3C5.C=CC(=O)O. The van der Waals surface area contributed by atoms with Gasteiger partial charge in [-0.15, -0.1) is 0 Å². The third kappa shape index (κ3) is 1.64. The molecule has 7 aliphatic carbocycles. The van der Waals surface area contributed by atoms with Crippen LogP contribution in [-0.4, -0.2) is 11.1 Å². The zero-order valence-corrected chi connectivity index (χ0v) is 11.5. The van der Waals surface area contributed by atoms with Crippen molar-refractivity contribution in [1.29, 1.82) is 0 Å². The number of carboxylic acid groups (broad SMARTS) is 1. The summed E-state index contributed by atoms with van der Waals surface area (Å²) in [5.74, 6) is 8.76. The van der Waals surface area contributed by atoms with Crippen molar-refractivity contribution in [2.75, 3.05) is 0 Å². The molecule has 0 radical (unpaired) electrons. The number of carboxylic acids is 1. The fourth-order valence-corrected chi connectivity index (χ4v) is 6.89. The van der Waals surface area contributed by atoms with Crippen molar-refractivity contribution in [3.8, 4) is 0 Å². The van der Waals surface area contributed by atoms with E-state index in [0.717, 1.165) is 6.08 Å². The molecule has 7 fully saturated rings. The van der Waals surface area contributed by atoms with E-state index in [2.05, 4.69) is 6.58 Å². The van der Waals surface area contributed by atoms with Crippen molar-refractivity contribution < 1.29 is 9.90 Å². The highest BCUT2D eigenvalue weighted by Crippen LogP contribution is 2.71. The van der Waals surface area contributed by atoms with Gasteiger partial charge in [0.2, 0.25) is 0 Å². The van der Waals surface area contributed by atoms with Crippen molar-refractivity contribution >= 4 is 5.97 Å². The third-order valence-electron chi connectivity index (χ3n) is 7.11. The van der Waals surface area contributed by atoms with Gasteiger partial charge in [-0.3, -0.25) is 0 Å². The Labute approximate surface area is 115 Å². The lowest BCUT2D eigenvalue weighted by Crippen LogP contribution is -2.62. The van der Waals surface area contributed by atoms with E-state index >= 15 is 0 Å². The van der Waals surface area contributed by atoms with Crippen LogP contribution in [0, 0.1) is 47.3 Å². The monoisotopic (exact) mass is 260 g/mol. The molecule has 0 spiro atoms. The molecule has 7 saturated carbocycles. The van der Waals surface area contributed by atoms with E-state index in [1.54, 1.807) is 38.5 Å². The summed E-state index contributed by atoms with van der Waals surface area (Å²) in [7, 11) is 0. The second-order valence-corrected chi connectivity index (χ2v) is 7.67. The second-order valence-electron chi connectivity index (χ2n) is 7.67. The Hall–Kier alpha value is -0.790. The van der Waals surface area contributed by atoms with Crippen molar-refractivity contribution in [2.45, 2.75) is 38.5 Å². The Morgan fingerprint density at radius 2 is 1.00 bits per heavy atom. The summed E-state index contributed by atoms with van der Waals surface area (Å²) >= 11 is 0. The van der Waals surface area contributed by atoms with Gasteiger partial charge in [0.15, 0.2) is 0 Å². The number of hydrogen-bond acceptors (Lipinski definition) is 1. The van der Waals surface area contributed by atoms with Crippen LogP contribution in [0.2, 0.25) is 0 Å². The van der Waals surface area contributed by atoms with Gasteiger partial charge in [-0.2, -0.15) is 0 Å². The first-order valence-corrected chi connectivity index (χ1v) is 8.02. The first kappa shape index (κ1) is 12.0. The van der Waals surface area contributed by atoms with Gasteiger partial charge in [0.05, 0.1) is 0 Å². The predicted octanol–water partition coefficient (Wildman–Crippen LogP) is 3.58. The van der Waals surface area contributed by atoms with Crippen LogP contribution in [0.1, 0.15) is 38.5 Å². The van der Waals surface area contributed by atoms with Crippen LogP contribution in [0.5, 0.6) is 0 Å². The van der Waals surface area contributed by atoms with E-state index in [4.69, 9.17) is 5.11 Å². The van der Waals surface area contributed by atoms with Gasteiger partial charge in [0.1, 0.15) is 0 Å². The van der Waals surface area contributed by atoms with Gasteiger partial charge in [-0.1, -0.05) is 6.58 Å². The second kappa shape index (κ2) is 4.10. The lowest BCUT2D eigenvalue weighted by atomic mass is 9.36. The van der Waals surface area contributed by atoms with Crippen LogP contribution in [0.3, 0.4) is 0 Å². The molecule has 104 valence electrons. The number of carbonyl (C=O) groups is 1. The molecule has 0 saturated heterocycles. The van der Waals surface area contributed by atoms with Gasteiger partial charge < -0.3 is 5.11 Å². The molecule has 0 aromatic heterocycles. The molecule has 2 heteroatoms. The molecular formula is C17H24O2. The highest BCUT2D eigenvalue weighted by molar-refractivity contribution is 5.78. The van der Waals surface area contributed by atoms with Crippen LogP contribution in [0.15, 0.2) is 12.7 Å². The van der Waals surface area contributed by atoms with Crippen LogP contribution < -0.4 is 0 Å². The van der Waals surface area contributed by atoms with E-state index in [9.17, 15) is 4.79 Å². The van der Waals surface area contributed by atoms with Crippen molar-refractivity contribution in [1.82, 2.24) is 0 Å². The third-order valence-corrected chi connectivity index (χ3v) is 7.11. The maximum Gasteiger partial charge on any atom is 0.327 e. The average molecular weight is 260 g/mol. The van der Waals surface area contributed by atoms with Gasteiger partial charge in [0.25, 0.3) is 0 Å². The molecule has 0 aromatic rings. The average Bonchev–Trinajstić information content (AvgIpc) is 2.44. The summed E-state index contributed by atoms with van der Waals surface area (Å²) in [6.07, 6.45) is 10.8. The Bertz CT molecular complexity index is 326. The highest BCUT2D eigenvalue weighted by atomic mass is 16.4. The summed E-state index contributed by atoms with van der Waals surface area (Å²) < 4.78 is 0. The lowest BCUT2D eigenvalue weighted by molar-refractivity contribution is -0.202. The Morgan fingerprint density at radius 1 is 0.789 bits per heavy atom. The quantitative estimate of drug-likeness (QED) is 0.732. The first-order chi connectivity index (χ1) is 9.17. The van der Waals surface area contributed by atoms with Crippen LogP contribution in [0.25, 0.3) is 0 Å². The smallest absolute Gasteiger partial charge is 0.327 e. The van der Waals surface area contributed by atoms with E-state index in [-0.39, 0.29) is 0 Å². The Balaban J connectivity index is 0.000000171. The maximum atomic E-state index is 9.25. The molecule has 0 unspecified atom stereocenters. The van der Waals surface area contributed by atoms with Crippen LogP contribution in [-0.2, 0) is 4.79 Å². The molecular weight excluding hydrogens is 236 g/mol. The normalized spacial score (nSPS) is 54.7. The molecule has 0 aromatic carbocycles. The molecule has 0 aliphatic heterocycles. The molecule has 0 heterocycles. The summed E-state index contributed by atoms with van der Waals surface area (Å²) in [5, 5.41) is 7.60. The van der Waals surface area contributed by atoms with Gasteiger partial charge in [-0.25, -0.2) is 4.79 Å². The highest BCUT2D eigenvalue weighted by Gasteiger charge is 2.63. The Kier molecular flexibility index (Phi) is 2.59. The Morgan fingerprint density at radius 3 is 1.16 bits per heavy atom. The van der Waals surface area contributed by atoms with E-state index < -0.39 is 5.97 Å². The predicted molar refractivity (Wildman–Crippen MR) is 73.5 cm³/mol. The molecule has 2 nitrogen and oxygen atoms in total. The molecule has 7 aliphatic rings. The minimum Gasteiger partial charge on any atom is -0.478 e. The van der Waals surface area contributed by atoms with E-state index in [1.165, 1.54) is 47.3 Å². The molecule has 7 rings (SSSR count). The summed E-state index contributed by atoms with van der Waals surface area (Å²) in [6, 6.07) is 0. The topological polar surface area (TPSA) is 37.3 Å². The molecule has 1 N–H and O–H groups in total. The van der Waals surface area contributed by atoms with Crippen LogP contribution in [0.4, 0.5) is 0 Å². The molecule has 8 bridgehead atoms. The minimum absolute atomic E-state index is 0.833. The van der Waals surface area contributed by atoms with E-state index in [0.29, 0.717) is 0 Å². The van der Waals surface area contributed by atoms with Crippen molar-refractivity contribution in [3.63, 3.8) is 0 Å². The molecule has 19 heavy (non-hydrogen) atoms. The van der Waals surface area contributed by atoms with Crippen molar-refractivity contribution in [2.24, 2.45) is 47.3 Å². The standard InChI is InChI=1S/C14H20.C3H4O2/c1-7-2-12-10-4-8-5-11(9(1)10)13(3-7)14(12)6-8;1-2-3(4)5/h7-14H,1-6H2;2H,1H2,(H,4,5). The minimum atomic E-state index is -0.981. The summed E-state index contributed by atoms with van der Waals surface area (Å²) in [5.41, 5.74) is 0. The lowest BCUT2D eigenvalue weighted by Gasteiger charge is -2.69. The zero-order chi connectivity index (χ0) is 13.1. The van der Waals surface area contributed by atoms with Gasteiger partial charge in [0, 0.05) is 6.08 Å². The largest absolute Gasteiger partial charge is 0.478 e. The van der Waals surface area contributed by atoms with Crippen molar-refractivity contribution in [3.05, 3.63) is 12.7 Å². The van der Waals surface area contributed by atoms with Crippen LogP contribution >= 0.6 is 0 Å². The fourth-order valence-electron chi connectivity index (χ4n) is 6.89. The van der Waals surface area contributed by atoms with Gasteiger partial charge in [-0.05, 0) is 85.9 Å². The number of rotatable bonds is 1. The molecule has 0 amide bonds. The summed E-state index contributed by atoms with van der Waals surface area (Å²) in [6.45, 7) is 2.96. The number of aliphatic carboxylic acids is 1. The maximum absolute atomic E-state index is 9.25. The fraction of sp³-hybridized carbons (Fsp3) is 0.824.